The number of piperidine rings is 1. The number of carbonyl (C=O) groups excluding carboxylic acids is 1. The minimum atomic E-state index is -0.662. The van der Waals surface area contributed by atoms with Gasteiger partial charge in [-0.25, -0.2) is 0 Å². The Hall–Kier alpha value is -0.810. The van der Waals surface area contributed by atoms with Gasteiger partial charge in [-0.15, -0.1) is 0 Å². The van der Waals surface area contributed by atoms with Crippen molar-refractivity contribution in [2.45, 2.75) is 38.3 Å². The predicted molar refractivity (Wildman–Crippen MR) is 89.3 cm³/mol. The Balaban J connectivity index is 1.93. The SMILES string of the molecule is CCC(=O)N[C@@H]1CCCN(C[C@@H](O)c2ccc(Cl)cc2Cl)C1. The monoisotopic (exact) mass is 344 g/mol. The number of benzene rings is 1. The Labute approximate surface area is 141 Å². The lowest BCUT2D eigenvalue weighted by atomic mass is 10.0. The first-order chi connectivity index (χ1) is 10.5. The Morgan fingerprint density at radius 3 is 2.95 bits per heavy atom. The number of halogens is 2. The molecule has 0 spiro atoms. The van der Waals surface area contributed by atoms with E-state index in [4.69, 9.17) is 23.2 Å². The van der Waals surface area contributed by atoms with Crippen molar-refractivity contribution in [3.63, 3.8) is 0 Å². The largest absolute Gasteiger partial charge is 0.387 e. The first-order valence-corrected chi connectivity index (χ1v) is 8.40. The van der Waals surface area contributed by atoms with Crippen molar-refractivity contribution < 1.29 is 9.90 Å². The topological polar surface area (TPSA) is 52.6 Å². The van der Waals surface area contributed by atoms with E-state index >= 15 is 0 Å². The van der Waals surface area contributed by atoms with E-state index < -0.39 is 6.10 Å². The molecule has 4 nitrogen and oxygen atoms in total. The smallest absolute Gasteiger partial charge is 0.219 e. The lowest BCUT2D eigenvalue weighted by Gasteiger charge is -2.34. The zero-order valence-electron chi connectivity index (χ0n) is 12.7. The second kappa shape index (κ2) is 8.16. The minimum Gasteiger partial charge on any atom is -0.387 e. The number of hydrogen-bond acceptors (Lipinski definition) is 3. The summed E-state index contributed by atoms with van der Waals surface area (Å²) in [5.41, 5.74) is 0.686. The summed E-state index contributed by atoms with van der Waals surface area (Å²) < 4.78 is 0. The highest BCUT2D eigenvalue weighted by molar-refractivity contribution is 6.35. The summed E-state index contributed by atoms with van der Waals surface area (Å²) in [6.45, 7) is 4.02. The number of nitrogens with zero attached hydrogens (tertiary/aromatic N) is 1. The molecule has 2 N–H and O–H groups in total. The van der Waals surface area contributed by atoms with E-state index in [2.05, 4.69) is 10.2 Å². The second-order valence-corrected chi connectivity index (χ2v) is 6.55. The van der Waals surface area contributed by atoms with E-state index in [1.165, 1.54) is 0 Å². The van der Waals surface area contributed by atoms with Crippen LogP contribution in [-0.4, -0.2) is 41.6 Å². The molecular formula is C16H22Cl2N2O2. The zero-order valence-corrected chi connectivity index (χ0v) is 14.2. The van der Waals surface area contributed by atoms with Gasteiger partial charge in [0.1, 0.15) is 0 Å². The van der Waals surface area contributed by atoms with Crippen LogP contribution in [0.25, 0.3) is 0 Å². The van der Waals surface area contributed by atoms with E-state index in [0.717, 1.165) is 25.9 Å². The fourth-order valence-electron chi connectivity index (χ4n) is 2.78. The van der Waals surface area contributed by atoms with Crippen molar-refractivity contribution in [2.24, 2.45) is 0 Å². The van der Waals surface area contributed by atoms with Gasteiger partial charge in [-0.05, 0) is 31.5 Å². The summed E-state index contributed by atoms with van der Waals surface area (Å²) in [4.78, 5) is 13.7. The molecule has 0 radical (unpaired) electrons. The van der Waals surface area contributed by atoms with Gasteiger partial charge < -0.3 is 10.4 Å². The van der Waals surface area contributed by atoms with Gasteiger partial charge in [-0.3, -0.25) is 9.69 Å². The Bertz CT molecular complexity index is 525. The molecule has 1 aliphatic heterocycles. The third-order valence-corrected chi connectivity index (χ3v) is 4.51. The molecule has 22 heavy (non-hydrogen) atoms. The molecule has 0 saturated carbocycles. The summed E-state index contributed by atoms with van der Waals surface area (Å²) in [5.74, 6) is 0.0770. The number of aliphatic hydroxyl groups excluding tert-OH is 1. The molecule has 1 aromatic carbocycles. The van der Waals surface area contributed by atoms with Crippen molar-refractivity contribution >= 4 is 29.1 Å². The number of β-amino-alcohol motifs (C(OH)–C–C–N with tert-alkyl or cyclic N) is 1. The quantitative estimate of drug-likeness (QED) is 0.863. The van der Waals surface area contributed by atoms with Gasteiger partial charge in [0.2, 0.25) is 5.91 Å². The fraction of sp³-hybridized carbons (Fsp3) is 0.562. The molecule has 0 unspecified atom stereocenters. The van der Waals surface area contributed by atoms with Gasteiger partial charge >= 0.3 is 0 Å². The molecule has 122 valence electrons. The van der Waals surface area contributed by atoms with E-state index in [9.17, 15) is 9.90 Å². The molecule has 1 heterocycles. The second-order valence-electron chi connectivity index (χ2n) is 5.70. The van der Waals surface area contributed by atoms with Crippen LogP contribution in [-0.2, 0) is 4.79 Å². The molecule has 2 rings (SSSR count). The van der Waals surface area contributed by atoms with Crippen LogP contribution < -0.4 is 5.32 Å². The average Bonchev–Trinajstić information content (AvgIpc) is 2.47. The number of nitrogens with one attached hydrogen (secondary N) is 1. The van der Waals surface area contributed by atoms with Crippen molar-refractivity contribution in [2.75, 3.05) is 19.6 Å². The maximum atomic E-state index is 11.5. The first-order valence-electron chi connectivity index (χ1n) is 7.64. The van der Waals surface area contributed by atoms with Crippen molar-refractivity contribution in [3.05, 3.63) is 33.8 Å². The van der Waals surface area contributed by atoms with Crippen LogP contribution in [0, 0.1) is 0 Å². The number of hydrogen-bond donors (Lipinski definition) is 2. The molecule has 1 aromatic rings. The molecule has 0 aromatic heterocycles. The van der Waals surface area contributed by atoms with E-state index in [1.807, 2.05) is 6.92 Å². The van der Waals surface area contributed by atoms with Gasteiger partial charge in [-0.1, -0.05) is 36.2 Å². The number of aliphatic hydroxyl groups is 1. The van der Waals surface area contributed by atoms with Crippen molar-refractivity contribution in [1.29, 1.82) is 0 Å². The molecule has 1 aliphatic rings. The fourth-order valence-corrected chi connectivity index (χ4v) is 3.32. The first kappa shape index (κ1) is 17.5. The average molecular weight is 345 g/mol. The van der Waals surface area contributed by atoms with Crippen LogP contribution in [0.1, 0.15) is 37.9 Å². The molecule has 1 saturated heterocycles. The summed E-state index contributed by atoms with van der Waals surface area (Å²) in [6, 6.07) is 5.29. The third kappa shape index (κ3) is 4.85. The van der Waals surface area contributed by atoms with Gasteiger partial charge in [0.05, 0.1) is 6.10 Å². The standard InChI is InChI=1S/C16H22Cl2N2O2/c1-2-16(22)19-12-4-3-7-20(9-12)10-15(21)13-6-5-11(17)8-14(13)18/h5-6,8,12,15,21H,2-4,7,9-10H2,1H3,(H,19,22)/t12-,15-/m1/s1. The highest BCUT2D eigenvalue weighted by atomic mass is 35.5. The van der Waals surface area contributed by atoms with Gasteiger partial charge in [0.15, 0.2) is 0 Å². The van der Waals surface area contributed by atoms with Gasteiger partial charge in [0.25, 0.3) is 0 Å². The molecule has 2 atom stereocenters. The van der Waals surface area contributed by atoms with Crippen LogP contribution in [0.15, 0.2) is 18.2 Å². The van der Waals surface area contributed by atoms with Crippen LogP contribution in [0.5, 0.6) is 0 Å². The van der Waals surface area contributed by atoms with E-state index in [1.54, 1.807) is 18.2 Å². The highest BCUT2D eigenvalue weighted by Gasteiger charge is 2.23. The summed E-state index contributed by atoms with van der Waals surface area (Å²) >= 11 is 12.0. The molecule has 0 bridgehead atoms. The summed E-state index contributed by atoms with van der Waals surface area (Å²) in [7, 11) is 0. The zero-order chi connectivity index (χ0) is 16.1. The van der Waals surface area contributed by atoms with Crippen molar-refractivity contribution in [1.82, 2.24) is 10.2 Å². The van der Waals surface area contributed by atoms with E-state index in [-0.39, 0.29) is 11.9 Å². The van der Waals surface area contributed by atoms with Gasteiger partial charge in [-0.2, -0.15) is 0 Å². The predicted octanol–water partition coefficient (Wildman–Crippen LogP) is 3.02. The molecule has 1 amide bonds. The highest BCUT2D eigenvalue weighted by Crippen LogP contribution is 2.27. The Morgan fingerprint density at radius 1 is 1.50 bits per heavy atom. The lowest BCUT2D eigenvalue weighted by molar-refractivity contribution is -0.121. The van der Waals surface area contributed by atoms with E-state index in [0.29, 0.717) is 28.6 Å². The molecule has 1 fully saturated rings. The maximum absolute atomic E-state index is 11.5. The van der Waals surface area contributed by atoms with Crippen LogP contribution >= 0.6 is 23.2 Å². The third-order valence-electron chi connectivity index (χ3n) is 3.94. The number of likely N-dealkylation sites (tertiary alicyclic amines) is 1. The van der Waals surface area contributed by atoms with Crippen LogP contribution in [0.3, 0.4) is 0 Å². The summed E-state index contributed by atoms with van der Waals surface area (Å²) in [6.07, 6.45) is 1.83. The minimum absolute atomic E-state index is 0.0770. The number of amides is 1. The maximum Gasteiger partial charge on any atom is 0.219 e. The normalized spacial score (nSPS) is 20.6. The summed E-state index contributed by atoms with van der Waals surface area (Å²) in [5, 5.41) is 14.5. The molecule has 6 heteroatoms. The van der Waals surface area contributed by atoms with Crippen molar-refractivity contribution in [3.8, 4) is 0 Å². The Morgan fingerprint density at radius 2 is 2.27 bits per heavy atom. The Kier molecular flexibility index (Phi) is 6.50. The molecule has 0 aliphatic carbocycles. The van der Waals surface area contributed by atoms with Crippen LogP contribution in [0.4, 0.5) is 0 Å². The van der Waals surface area contributed by atoms with Gasteiger partial charge in [0, 0.05) is 41.2 Å². The van der Waals surface area contributed by atoms with Crippen LogP contribution in [0.2, 0.25) is 10.0 Å². The molecular weight excluding hydrogens is 323 g/mol. The lowest BCUT2D eigenvalue weighted by Crippen LogP contribution is -2.48. The number of carbonyl (C=O) groups is 1. The number of rotatable bonds is 5.